The Kier molecular flexibility index (Phi) is 5.59. The van der Waals surface area contributed by atoms with E-state index in [-0.39, 0.29) is 15.5 Å². The highest BCUT2D eigenvalue weighted by atomic mass is 35.5. The van der Waals surface area contributed by atoms with Gasteiger partial charge < -0.3 is 0 Å². The van der Waals surface area contributed by atoms with Gasteiger partial charge in [0.1, 0.15) is 4.90 Å². The smallest absolute Gasteiger partial charge is 0.252 e. The minimum absolute atomic E-state index is 0.0562. The molecule has 0 aliphatic carbocycles. The number of rotatable bonds is 6. The molecule has 18 heavy (non-hydrogen) atoms. The number of unbranched alkanes of at least 4 members (excludes halogenated alkanes) is 1. The second kappa shape index (κ2) is 6.52. The Hall–Kier alpha value is -0.620. The monoisotopic (exact) mass is 309 g/mol. The lowest BCUT2D eigenvalue weighted by Crippen LogP contribution is -2.25. The van der Waals surface area contributed by atoms with Crippen LogP contribution in [0.5, 0.6) is 0 Å². The van der Waals surface area contributed by atoms with Crippen molar-refractivity contribution in [2.75, 3.05) is 6.54 Å². The van der Waals surface area contributed by atoms with E-state index in [0.29, 0.717) is 6.54 Å². The van der Waals surface area contributed by atoms with Crippen molar-refractivity contribution < 1.29 is 13.2 Å². The number of hydrogen-bond acceptors (Lipinski definition) is 3. The summed E-state index contributed by atoms with van der Waals surface area (Å²) in [5.41, 5.74) is 0.0944. The molecule has 7 heteroatoms. The van der Waals surface area contributed by atoms with Gasteiger partial charge >= 0.3 is 0 Å². The van der Waals surface area contributed by atoms with Gasteiger partial charge in [0.25, 0.3) is 5.24 Å². The maximum Gasteiger partial charge on any atom is 0.252 e. The second-order valence-electron chi connectivity index (χ2n) is 3.67. The zero-order chi connectivity index (χ0) is 13.8. The summed E-state index contributed by atoms with van der Waals surface area (Å²) >= 11 is 11.1. The molecule has 0 saturated heterocycles. The number of carbonyl (C=O) groups is 1. The molecular weight excluding hydrogens is 297 g/mol. The summed E-state index contributed by atoms with van der Waals surface area (Å²) in [6.45, 7) is 2.28. The second-order valence-corrected chi connectivity index (χ2v) is 6.16. The van der Waals surface area contributed by atoms with Gasteiger partial charge in [-0.05, 0) is 36.2 Å². The fraction of sp³-hybridized carbons (Fsp3) is 0.364. The predicted octanol–water partition coefficient (Wildman–Crippen LogP) is 2.80. The third-order valence-corrected chi connectivity index (χ3v) is 4.43. The van der Waals surface area contributed by atoms with E-state index in [0.717, 1.165) is 12.8 Å². The Morgan fingerprint density at radius 2 is 2.06 bits per heavy atom. The van der Waals surface area contributed by atoms with Crippen LogP contribution in [0.1, 0.15) is 30.1 Å². The molecule has 1 rings (SSSR count). The number of carbonyl (C=O) groups excluding carboxylic acids is 1. The van der Waals surface area contributed by atoms with E-state index >= 15 is 0 Å². The quantitative estimate of drug-likeness (QED) is 0.649. The standard InChI is InChI=1S/C11H13Cl2NO3S/c1-2-3-6-14-18(16,17)10-7-8(11(13)15)4-5-9(10)12/h4-5,7,14H,2-3,6H2,1H3. The zero-order valence-electron chi connectivity index (χ0n) is 9.74. The molecule has 0 heterocycles. The Morgan fingerprint density at radius 3 is 2.61 bits per heavy atom. The molecule has 0 saturated carbocycles. The average Bonchev–Trinajstić information content (AvgIpc) is 2.29. The number of benzene rings is 1. The van der Waals surface area contributed by atoms with Crippen LogP contribution in [0.15, 0.2) is 23.1 Å². The van der Waals surface area contributed by atoms with Gasteiger partial charge in [-0.2, -0.15) is 0 Å². The van der Waals surface area contributed by atoms with Crippen molar-refractivity contribution in [3.63, 3.8) is 0 Å². The van der Waals surface area contributed by atoms with Crippen LogP contribution < -0.4 is 4.72 Å². The fourth-order valence-corrected chi connectivity index (χ4v) is 3.01. The maximum absolute atomic E-state index is 12.0. The summed E-state index contributed by atoms with van der Waals surface area (Å²) in [7, 11) is -3.71. The average molecular weight is 310 g/mol. The summed E-state index contributed by atoms with van der Waals surface area (Å²) < 4.78 is 26.3. The largest absolute Gasteiger partial charge is 0.276 e. The van der Waals surface area contributed by atoms with Crippen LogP contribution in [0.4, 0.5) is 0 Å². The van der Waals surface area contributed by atoms with Gasteiger partial charge in [0, 0.05) is 12.1 Å². The third kappa shape index (κ3) is 3.95. The van der Waals surface area contributed by atoms with E-state index in [9.17, 15) is 13.2 Å². The maximum atomic E-state index is 12.0. The molecule has 4 nitrogen and oxygen atoms in total. The number of halogens is 2. The predicted molar refractivity (Wildman–Crippen MR) is 71.7 cm³/mol. The van der Waals surface area contributed by atoms with Gasteiger partial charge in [-0.3, -0.25) is 4.79 Å². The van der Waals surface area contributed by atoms with E-state index in [1.165, 1.54) is 18.2 Å². The first-order valence-electron chi connectivity index (χ1n) is 5.37. The molecule has 0 radical (unpaired) electrons. The van der Waals surface area contributed by atoms with E-state index < -0.39 is 15.3 Å². The number of nitrogens with one attached hydrogen (secondary N) is 1. The van der Waals surface area contributed by atoms with E-state index in [1.807, 2.05) is 6.92 Å². The first-order valence-corrected chi connectivity index (χ1v) is 7.61. The molecule has 0 atom stereocenters. The minimum atomic E-state index is -3.71. The molecule has 0 unspecified atom stereocenters. The lowest BCUT2D eigenvalue weighted by Gasteiger charge is -2.08. The van der Waals surface area contributed by atoms with E-state index in [1.54, 1.807) is 0 Å². The molecule has 1 N–H and O–H groups in total. The number of sulfonamides is 1. The molecular formula is C11H13Cl2NO3S. The first kappa shape index (κ1) is 15.4. The highest BCUT2D eigenvalue weighted by Crippen LogP contribution is 2.23. The van der Waals surface area contributed by atoms with Gasteiger partial charge in [-0.25, -0.2) is 13.1 Å². The van der Waals surface area contributed by atoms with E-state index in [2.05, 4.69) is 4.72 Å². The van der Waals surface area contributed by atoms with Crippen molar-refractivity contribution in [1.29, 1.82) is 0 Å². The van der Waals surface area contributed by atoms with Crippen LogP contribution in [0.25, 0.3) is 0 Å². The fourth-order valence-electron chi connectivity index (χ4n) is 1.29. The van der Waals surface area contributed by atoms with Gasteiger partial charge in [0.05, 0.1) is 5.02 Å². The Morgan fingerprint density at radius 1 is 1.39 bits per heavy atom. The summed E-state index contributed by atoms with van der Waals surface area (Å²) in [5, 5.41) is -0.669. The van der Waals surface area contributed by atoms with Crippen LogP contribution in [0, 0.1) is 0 Å². The lowest BCUT2D eigenvalue weighted by atomic mass is 10.2. The molecule has 1 aromatic carbocycles. The normalized spacial score (nSPS) is 11.5. The SMILES string of the molecule is CCCCNS(=O)(=O)c1cc(C(=O)Cl)ccc1Cl. The molecule has 0 amide bonds. The zero-order valence-corrected chi connectivity index (χ0v) is 12.1. The van der Waals surface area contributed by atoms with Crippen molar-refractivity contribution in [2.45, 2.75) is 24.7 Å². The van der Waals surface area contributed by atoms with Gasteiger partial charge in [-0.15, -0.1) is 0 Å². The van der Waals surface area contributed by atoms with Crippen molar-refractivity contribution in [3.05, 3.63) is 28.8 Å². The van der Waals surface area contributed by atoms with Crippen LogP contribution in [-0.4, -0.2) is 20.2 Å². The van der Waals surface area contributed by atoms with Crippen LogP contribution >= 0.6 is 23.2 Å². The summed E-state index contributed by atoms with van der Waals surface area (Å²) in [6.07, 6.45) is 1.60. The molecule has 0 fully saturated rings. The Bertz CT molecular complexity index is 543. The molecule has 0 aliphatic heterocycles. The Labute approximate surface area is 116 Å². The topological polar surface area (TPSA) is 63.2 Å². The van der Waals surface area contributed by atoms with E-state index in [4.69, 9.17) is 23.2 Å². The molecule has 100 valence electrons. The van der Waals surface area contributed by atoms with Crippen LogP contribution in [-0.2, 0) is 10.0 Å². The van der Waals surface area contributed by atoms with Crippen molar-refractivity contribution in [2.24, 2.45) is 0 Å². The summed E-state index contributed by atoms with van der Waals surface area (Å²) in [4.78, 5) is 10.9. The summed E-state index contributed by atoms with van der Waals surface area (Å²) in [6, 6.07) is 3.89. The lowest BCUT2D eigenvalue weighted by molar-refractivity contribution is 0.108. The van der Waals surface area contributed by atoms with Crippen molar-refractivity contribution >= 4 is 38.5 Å². The minimum Gasteiger partial charge on any atom is -0.276 e. The van der Waals surface area contributed by atoms with Gasteiger partial charge in [0.2, 0.25) is 10.0 Å². The highest BCUT2D eigenvalue weighted by molar-refractivity contribution is 7.89. The van der Waals surface area contributed by atoms with Gasteiger partial charge in [-0.1, -0.05) is 24.9 Å². The first-order chi connectivity index (χ1) is 8.38. The molecule has 1 aromatic rings. The molecule has 0 aromatic heterocycles. The van der Waals surface area contributed by atoms with Crippen molar-refractivity contribution in [1.82, 2.24) is 4.72 Å². The van der Waals surface area contributed by atoms with Crippen LogP contribution in [0.3, 0.4) is 0 Å². The number of hydrogen-bond donors (Lipinski definition) is 1. The van der Waals surface area contributed by atoms with Gasteiger partial charge in [0.15, 0.2) is 0 Å². The third-order valence-electron chi connectivity index (χ3n) is 2.27. The highest BCUT2D eigenvalue weighted by Gasteiger charge is 2.19. The van der Waals surface area contributed by atoms with Crippen molar-refractivity contribution in [3.8, 4) is 0 Å². The van der Waals surface area contributed by atoms with Crippen LogP contribution in [0.2, 0.25) is 5.02 Å². The summed E-state index contributed by atoms with van der Waals surface area (Å²) in [5.74, 6) is 0. The molecule has 0 spiro atoms. The molecule has 0 bridgehead atoms. The Balaban J connectivity index is 3.07. The molecule has 0 aliphatic rings.